The van der Waals surface area contributed by atoms with Crippen LogP contribution in [-0.4, -0.2) is 18.6 Å². The summed E-state index contributed by atoms with van der Waals surface area (Å²) in [5.74, 6) is -0.765. The molecule has 0 saturated carbocycles. The van der Waals surface area contributed by atoms with Gasteiger partial charge in [-0.2, -0.15) is 0 Å². The van der Waals surface area contributed by atoms with Crippen LogP contribution in [0.2, 0.25) is 5.02 Å². The Morgan fingerprint density at radius 1 is 1.25 bits per heavy atom. The maximum atomic E-state index is 13.5. The molecule has 0 aliphatic rings. The van der Waals surface area contributed by atoms with E-state index in [1.54, 1.807) is 23.9 Å². The van der Waals surface area contributed by atoms with Gasteiger partial charge in [0.1, 0.15) is 0 Å². The van der Waals surface area contributed by atoms with Crippen molar-refractivity contribution < 1.29 is 13.9 Å². The smallest absolute Gasteiger partial charge is 0.200 e. The molecule has 20 heavy (non-hydrogen) atoms. The van der Waals surface area contributed by atoms with Crippen molar-refractivity contribution in [3.05, 3.63) is 58.9 Å². The highest BCUT2D eigenvalue weighted by Crippen LogP contribution is 2.21. The number of carbonyl (C=O) groups excluding carboxylic acids is 1. The van der Waals surface area contributed by atoms with Gasteiger partial charge in [0.15, 0.2) is 24.0 Å². The zero-order chi connectivity index (χ0) is 14.5. The Hall–Kier alpha value is -1.52. The van der Waals surface area contributed by atoms with Gasteiger partial charge in [0.2, 0.25) is 0 Å². The maximum Gasteiger partial charge on any atom is 0.200 e. The molecule has 5 heteroatoms. The van der Waals surface area contributed by atoms with Gasteiger partial charge < -0.3 is 4.74 Å². The van der Waals surface area contributed by atoms with Crippen LogP contribution >= 0.6 is 23.4 Å². The normalized spacial score (nSPS) is 10.3. The molecular weight excluding hydrogens is 299 g/mol. The molecule has 0 radical (unpaired) electrons. The van der Waals surface area contributed by atoms with Crippen LogP contribution in [0.25, 0.3) is 0 Å². The third kappa shape index (κ3) is 3.74. The summed E-state index contributed by atoms with van der Waals surface area (Å²) in [5, 5.41) is 0.286. The molecule has 2 aromatic carbocycles. The lowest BCUT2D eigenvalue weighted by Crippen LogP contribution is -2.12. The van der Waals surface area contributed by atoms with Gasteiger partial charge in [-0.25, -0.2) is 4.39 Å². The second kappa shape index (κ2) is 6.77. The molecule has 0 amide bonds. The van der Waals surface area contributed by atoms with Gasteiger partial charge in [0, 0.05) is 15.5 Å². The van der Waals surface area contributed by atoms with Gasteiger partial charge in [-0.15, -0.1) is 11.8 Å². The number of thioether (sulfide) groups is 1. The van der Waals surface area contributed by atoms with Crippen LogP contribution in [0.5, 0.6) is 5.75 Å². The lowest BCUT2D eigenvalue weighted by atomic mass is 10.1. The average Bonchev–Trinajstić information content (AvgIpc) is 2.46. The highest BCUT2D eigenvalue weighted by atomic mass is 35.5. The van der Waals surface area contributed by atoms with E-state index >= 15 is 0 Å². The number of hydrogen-bond acceptors (Lipinski definition) is 3. The predicted molar refractivity (Wildman–Crippen MR) is 79.5 cm³/mol. The number of halogens is 2. The molecular formula is C15H12ClFO2S. The standard InChI is InChI=1S/C15H12ClFO2S/c1-20-12-5-2-10(3-6-12)14(18)9-19-15-7-4-11(16)8-13(15)17/h2-8H,9H2,1H3. The van der Waals surface area contributed by atoms with Crippen molar-refractivity contribution in [1.29, 1.82) is 0 Å². The summed E-state index contributed by atoms with van der Waals surface area (Å²) in [4.78, 5) is 13.0. The summed E-state index contributed by atoms with van der Waals surface area (Å²) < 4.78 is 18.7. The van der Waals surface area contributed by atoms with Crippen LogP contribution < -0.4 is 4.74 Å². The predicted octanol–water partition coefficient (Wildman–Crippen LogP) is 4.46. The van der Waals surface area contributed by atoms with Gasteiger partial charge >= 0.3 is 0 Å². The van der Waals surface area contributed by atoms with Gasteiger partial charge in [-0.1, -0.05) is 23.7 Å². The second-order valence-electron chi connectivity index (χ2n) is 4.02. The summed E-state index contributed by atoms with van der Waals surface area (Å²) in [6, 6.07) is 11.3. The van der Waals surface area contributed by atoms with E-state index in [9.17, 15) is 9.18 Å². The number of Topliss-reactive ketones (excluding diaryl/α,β-unsaturated/α-hetero) is 1. The van der Waals surface area contributed by atoms with Gasteiger partial charge in [-0.05, 0) is 36.6 Å². The van der Waals surface area contributed by atoms with Crippen LogP contribution in [0.1, 0.15) is 10.4 Å². The third-order valence-electron chi connectivity index (χ3n) is 2.66. The molecule has 0 saturated heterocycles. The first-order valence-electron chi connectivity index (χ1n) is 5.85. The van der Waals surface area contributed by atoms with Crippen LogP contribution in [0, 0.1) is 5.82 Å². The number of hydrogen-bond donors (Lipinski definition) is 0. The molecule has 0 bridgehead atoms. The summed E-state index contributed by atoms with van der Waals surface area (Å²) in [5.41, 5.74) is 0.539. The van der Waals surface area contributed by atoms with E-state index in [1.165, 1.54) is 12.1 Å². The van der Waals surface area contributed by atoms with Crippen molar-refractivity contribution in [2.45, 2.75) is 4.90 Å². The van der Waals surface area contributed by atoms with E-state index in [-0.39, 0.29) is 23.2 Å². The molecule has 2 rings (SSSR count). The largest absolute Gasteiger partial charge is 0.482 e. The molecule has 2 nitrogen and oxygen atoms in total. The fourth-order valence-corrected chi connectivity index (χ4v) is 2.16. The minimum atomic E-state index is -0.581. The Morgan fingerprint density at radius 3 is 2.55 bits per heavy atom. The topological polar surface area (TPSA) is 26.3 Å². The minimum Gasteiger partial charge on any atom is -0.482 e. The van der Waals surface area contributed by atoms with Gasteiger partial charge in [-0.3, -0.25) is 4.79 Å². The summed E-state index contributed by atoms with van der Waals surface area (Å²) in [7, 11) is 0. The van der Waals surface area contributed by atoms with E-state index in [1.807, 2.05) is 18.4 Å². The fourth-order valence-electron chi connectivity index (χ4n) is 1.60. The molecule has 0 aliphatic carbocycles. The van der Waals surface area contributed by atoms with Crippen LogP contribution in [-0.2, 0) is 0 Å². The third-order valence-corrected chi connectivity index (χ3v) is 3.64. The molecule has 0 aromatic heterocycles. The molecule has 0 spiro atoms. The lowest BCUT2D eigenvalue weighted by molar-refractivity contribution is 0.0918. The number of rotatable bonds is 5. The lowest BCUT2D eigenvalue weighted by Gasteiger charge is -2.07. The molecule has 0 aliphatic heterocycles. The monoisotopic (exact) mass is 310 g/mol. The Morgan fingerprint density at radius 2 is 1.95 bits per heavy atom. The number of ether oxygens (including phenoxy) is 1. The van der Waals surface area contributed by atoms with E-state index in [4.69, 9.17) is 16.3 Å². The molecule has 0 unspecified atom stereocenters. The van der Waals surface area contributed by atoms with Gasteiger partial charge in [0.25, 0.3) is 0 Å². The highest BCUT2D eigenvalue weighted by molar-refractivity contribution is 7.98. The summed E-state index contributed by atoms with van der Waals surface area (Å²) in [6.45, 7) is -0.211. The molecule has 0 N–H and O–H groups in total. The SMILES string of the molecule is CSc1ccc(C(=O)COc2ccc(Cl)cc2F)cc1. The van der Waals surface area contributed by atoms with E-state index in [2.05, 4.69) is 0 Å². The number of benzene rings is 2. The van der Waals surface area contributed by atoms with Crippen molar-refractivity contribution in [3.8, 4) is 5.75 Å². The average molecular weight is 311 g/mol. The number of ketones is 1. The summed E-state index contributed by atoms with van der Waals surface area (Å²) in [6.07, 6.45) is 1.96. The van der Waals surface area contributed by atoms with Crippen LogP contribution in [0.15, 0.2) is 47.4 Å². The van der Waals surface area contributed by atoms with E-state index in [0.717, 1.165) is 11.0 Å². The quantitative estimate of drug-likeness (QED) is 0.602. The van der Waals surface area contributed by atoms with Crippen molar-refractivity contribution in [1.82, 2.24) is 0 Å². The van der Waals surface area contributed by atoms with Crippen molar-refractivity contribution in [2.24, 2.45) is 0 Å². The zero-order valence-corrected chi connectivity index (χ0v) is 12.3. The first-order chi connectivity index (χ1) is 9.60. The molecule has 104 valence electrons. The maximum absolute atomic E-state index is 13.5. The first-order valence-corrected chi connectivity index (χ1v) is 7.45. The molecule has 0 atom stereocenters. The molecule has 0 fully saturated rings. The minimum absolute atomic E-state index is 0.0171. The van der Waals surface area contributed by atoms with E-state index < -0.39 is 5.82 Å². The summed E-state index contributed by atoms with van der Waals surface area (Å²) >= 11 is 7.24. The van der Waals surface area contributed by atoms with Gasteiger partial charge in [0.05, 0.1) is 0 Å². The van der Waals surface area contributed by atoms with Crippen molar-refractivity contribution >= 4 is 29.1 Å². The number of carbonyl (C=O) groups is 1. The fraction of sp³-hybridized carbons (Fsp3) is 0.133. The Bertz CT molecular complexity index is 614. The first kappa shape index (κ1) is 14.9. The van der Waals surface area contributed by atoms with Crippen LogP contribution in [0.3, 0.4) is 0 Å². The molecule has 0 heterocycles. The Kier molecular flexibility index (Phi) is 5.04. The Balaban J connectivity index is 2.00. The van der Waals surface area contributed by atoms with Crippen LogP contribution in [0.4, 0.5) is 4.39 Å². The van der Waals surface area contributed by atoms with Crippen molar-refractivity contribution in [3.63, 3.8) is 0 Å². The highest BCUT2D eigenvalue weighted by Gasteiger charge is 2.09. The van der Waals surface area contributed by atoms with E-state index in [0.29, 0.717) is 5.56 Å². The second-order valence-corrected chi connectivity index (χ2v) is 5.33. The molecule has 2 aromatic rings. The Labute approximate surface area is 125 Å². The van der Waals surface area contributed by atoms with Crippen molar-refractivity contribution in [2.75, 3.05) is 12.9 Å². The zero-order valence-electron chi connectivity index (χ0n) is 10.7.